The van der Waals surface area contributed by atoms with E-state index < -0.39 is 0 Å². The van der Waals surface area contributed by atoms with E-state index >= 15 is 0 Å². The van der Waals surface area contributed by atoms with Gasteiger partial charge in [-0.3, -0.25) is 9.59 Å². The summed E-state index contributed by atoms with van der Waals surface area (Å²) in [5, 5.41) is 8.52. The van der Waals surface area contributed by atoms with Gasteiger partial charge in [-0.15, -0.1) is 10.2 Å². The Morgan fingerprint density at radius 2 is 1.47 bits per heavy atom. The lowest BCUT2D eigenvalue weighted by Crippen LogP contribution is -2.41. The Labute approximate surface area is 125 Å². The van der Waals surface area contributed by atoms with Gasteiger partial charge >= 0.3 is 0 Å². The van der Waals surface area contributed by atoms with Crippen LogP contribution in [0.1, 0.15) is 6.42 Å². The highest BCUT2D eigenvalue weighted by molar-refractivity contribution is 9.12. The van der Waals surface area contributed by atoms with Crippen molar-refractivity contribution >= 4 is 43.7 Å². The van der Waals surface area contributed by atoms with Crippen LogP contribution in [0.2, 0.25) is 0 Å². The summed E-state index contributed by atoms with van der Waals surface area (Å²) in [6, 6.07) is 0. The topological polar surface area (TPSA) is 68.1 Å². The number of hydrogen-bond donors (Lipinski definition) is 0. The number of rotatable bonds is 1. The monoisotopic (exact) mass is 388 g/mol. The van der Waals surface area contributed by atoms with Crippen LogP contribution in [-0.2, 0) is 9.59 Å². The van der Waals surface area contributed by atoms with Crippen LogP contribution in [-0.4, -0.2) is 36.3 Å². The van der Waals surface area contributed by atoms with Crippen LogP contribution in [0.3, 0.4) is 0 Å². The molecule has 2 heterocycles. The van der Waals surface area contributed by atoms with Crippen LogP contribution in [0, 0.1) is 23.7 Å². The molecule has 2 bridgehead atoms. The third-order valence-electron chi connectivity index (χ3n) is 4.60. The lowest BCUT2D eigenvalue weighted by molar-refractivity contribution is -0.125. The van der Waals surface area contributed by atoms with Gasteiger partial charge in [-0.1, -0.05) is 31.9 Å². The van der Waals surface area contributed by atoms with Crippen molar-refractivity contribution in [3.05, 3.63) is 12.7 Å². The Hall–Kier alpha value is -0.760. The molecule has 2 aliphatic carbocycles. The number of halogens is 2. The van der Waals surface area contributed by atoms with Crippen LogP contribution >= 0.6 is 31.9 Å². The molecule has 0 unspecified atom stereocenters. The summed E-state index contributed by atoms with van der Waals surface area (Å²) in [6.07, 6.45) is 3.71. The van der Waals surface area contributed by atoms with Crippen molar-refractivity contribution < 1.29 is 9.59 Å². The predicted molar refractivity (Wildman–Crippen MR) is 72.3 cm³/mol. The van der Waals surface area contributed by atoms with Crippen molar-refractivity contribution in [2.24, 2.45) is 23.7 Å². The third kappa shape index (κ3) is 1.36. The maximum absolute atomic E-state index is 12.5. The van der Waals surface area contributed by atoms with E-state index in [1.54, 1.807) is 0 Å². The molecule has 2 saturated carbocycles. The maximum atomic E-state index is 12.5. The van der Waals surface area contributed by atoms with Gasteiger partial charge in [0, 0.05) is 9.65 Å². The molecule has 19 heavy (non-hydrogen) atoms. The summed E-state index contributed by atoms with van der Waals surface area (Å²) in [5.74, 6) is -0.164. The first-order valence-corrected chi connectivity index (χ1v) is 7.95. The van der Waals surface area contributed by atoms with Crippen LogP contribution in [0.25, 0.3) is 0 Å². The number of carbonyl (C=O) groups is 2. The fourth-order valence-electron chi connectivity index (χ4n) is 3.86. The summed E-state index contributed by atoms with van der Waals surface area (Å²) >= 11 is 7.31. The van der Waals surface area contributed by atoms with Crippen LogP contribution in [0.15, 0.2) is 12.7 Å². The van der Waals surface area contributed by atoms with Crippen LogP contribution < -0.4 is 5.01 Å². The van der Waals surface area contributed by atoms with E-state index in [-0.39, 0.29) is 45.1 Å². The van der Waals surface area contributed by atoms with Crippen LogP contribution in [0.4, 0.5) is 0 Å². The van der Waals surface area contributed by atoms with Gasteiger partial charge in [0.25, 0.3) is 11.8 Å². The molecule has 0 radical (unpaired) electrons. The second-order valence-corrected chi connectivity index (χ2v) is 7.45. The molecule has 6 nitrogen and oxygen atoms in total. The van der Waals surface area contributed by atoms with Crippen LogP contribution in [0.5, 0.6) is 0 Å². The highest BCUT2D eigenvalue weighted by Crippen LogP contribution is 2.59. The van der Waals surface area contributed by atoms with E-state index in [4.69, 9.17) is 0 Å². The summed E-state index contributed by atoms with van der Waals surface area (Å²) in [6.45, 7) is 0. The highest BCUT2D eigenvalue weighted by atomic mass is 79.9. The third-order valence-corrected chi connectivity index (χ3v) is 7.81. The van der Waals surface area contributed by atoms with Crippen molar-refractivity contribution in [2.75, 3.05) is 5.01 Å². The normalized spacial score (nSPS) is 44.2. The number of imide groups is 1. The molecule has 2 amide bonds. The number of nitrogens with zero attached hydrogens (tertiary/aromatic N) is 4. The van der Waals surface area contributed by atoms with E-state index in [9.17, 15) is 9.59 Å². The quantitative estimate of drug-likeness (QED) is 0.523. The molecule has 1 saturated heterocycles. The lowest BCUT2D eigenvalue weighted by Gasteiger charge is -2.28. The molecular weight excluding hydrogens is 380 g/mol. The molecule has 4 rings (SSSR count). The number of amides is 2. The van der Waals surface area contributed by atoms with E-state index in [0.717, 1.165) is 6.42 Å². The Morgan fingerprint density at radius 3 is 1.95 bits per heavy atom. The summed E-state index contributed by atoms with van der Waals surface area (Å²) in [5.41, 5.74) is 0. The number of aromatic nitrogens is 3. The summed E-state index contributed by atoms with van der Waals surface area (Å²) in [4.78, 5) is 25.6. The van der Waals surface area contributed by atoms with Crippen molar-refractivity contribution in [2.45, 2.75) is 16.1 Å². The number of alkyl halides is 2. The number of fused-ring (bicyclic) bond motifs is 5. The summed E-state index contributed by atoms with van der Waals surface area (Å²) in [7, 11) is 0. The SMILES string of the molecule is O=C1[C@@H]2[C@H]3C[C@@H]([C@H](Br)[C@@H]3Br)[C@@H]2C(=O)N1n1cnnc1. The summed E-state index contributed by atoms with van der Waals surface area (Å²) < 4.78 is 1.38. The zero-order chi connectivity index (χ0) is 13.3. The minimum atomic E-state index is -0.196. The van der Waals surface area contributed by atoms with Gasteiger partial charge in [0.15, 0.2) is 0 Å². The fraction of sp³-hybridized carbons (Fsp3) is 0.636. The minimum absolute atomic E-state index is 0.119. The van der Waals surface area contributed by atoms with Gasteiger partial charge in [0.05, 0.1) is 11.8 Å². The first-order chi connectivity index (χ1) is 9.11. The maximum Gasteiger partial charge on any atom is 0.252 e. The molecule has 1 aliphatic heterocycles. The van der Waals surface area contributed by atoms with Gasteiger partial charge < -0.3 is 0 Å². The zero-order valence-corrected chi connectivity index (χ0v) is 12.9. The molecule has 1 aromatic rings. The molecule has 100 valence electrons. The number of carbonyl (C=O) groups excluding carboxylic acids is 2. The zero-order valence-electron chi connectivity index (χ0n) is 9.69. The van der Waals surface area contributed by atoms with Gasteiger partial charge in [-0.05, 0) is 18.3 Å². The first-order valence-electron chi connectivity index (χ1n) is 6.12. The lowest BCUT2D eigenvalue weighted by atomic mass is 9.81. The van der Waals surface area contributed by atoms with Crippen molar-refractivity contribution in [1.82, 2.24) is 14.9 Å². The van der Waals surface area contributed by atoms with Gasteiger partial charge in [0.2, 0.25) is 0 Å². The Kier molecular flexibility index (Phi) is 2.45. The van der Waals surface area contributed by atoms with Gasteiger partial charge in [-0.25, -0.2) is 4.68 Å². The standard InChI is InChI=1S/C11H10Br2N4O2/c12-8-4-1-5(9(8)13)7-6(4)10(18)17(11(7)19)16-2-14-15-3-16/h2-9H,1H2/t4-,5-,6-,7+,8-,9+/m1/s1. The predicted octanol–water partition coefficient (Wildman–Crippen LogP) is 0.692. The van der Waals surface area contributed by atoms with E-state index in [0.29, 0.717) is 0 Å². The van der Waals surface area contributed by atoms with Gasteiger partial charge in [0.1, 0.15) is 12.7 Å². The second kappa shape index (κ2) is 3.88. The largest absolute Gasteiger partial charge is 0.272 e. The van der Waals surface area contributed by atoms with E-state index in [1.807, 2.05) is 0 Å². The molecule has 0 N–H and O–H groups in total. The fourth-order valence-corrected chi connectivity index (χ4v) is 5.73. The average molecular weight is 390 g/mol. The van der Waals surface area contributed by atoms with Crippen molar-refractivity contribution in [1.29, 1.82) is 0 Å². The molecule has 0 spiro atoms. The van der Waals surface area contributed by atoms with Crippen molar-refractivity contribution in [3.63, 3.8) is 0 Å². The molecular formula is C11H10Br2N4O2. The Bertz CT molecular complexity index is 531. The van der Waals surface area contributed by atoms with Crippen molar-refractivity contribution in [3.8, 4) is 0 Å². The molecule has 0 aromatic carbocycles. The average Bonchev–Trinajstić information content (AvgIpc) is 3.10. The van der Waals surface area contributed by atoms with E-state index in [2.05, 4.69) is 42.1 Å². The first kappa shape index (κ1) is 12.0. The van der Waals surface area contributed by atoms with E-state index in [1.165, 1.54) is 22.3 Å². The van der Waals surface area contributed by atoms with Gasteiger partial charge in [-0.2, -0.15) is 5.01 Å². The molecule has 1 aromatic heterocycles. The molecule has 6 atom stereocenters. The second-order valence-electron chi connectivity index (χ2n) is 5.33. The minimum Gasteiger partial charge on any atom is -0.272 e. The Balaban J connectivity index is 1.76. The molecule has 3 fully saturated rings. The Morgan fingerprint density at radius 1 is 1.00 bits per heavy atom. The highest BCUT2D eigenvalue weighted by Gasteiger charge is 2.66. The smallest absolute Gasteiger partial charge is 0.252 e. The number of hydrogen-bond acceptors (Lipinski definition) is 4. The molecule has 3 aliphatic rings. The molecule has 8 heteroatoms.